The number of nitrogens with one attached hydrogen (secondary N) is 2. The van der Waals surface area contributed by atoms with Crippen LogP contribution < -0.4 is 10.6 Å². The van der Waals surface area contributed by atoms with Gasteiger partial charge < -0.3 is 10.6 Å². The first-order valence-corrected chi connectivity index (χ1v) is 6.83. The lowest BCUT2D eigenvalue weighted by molar-refractivity contribution is -0.384. The molecule has 0 atom stereocenters. The molecule has 0 unspecified atom stereocenters. The molecule has 1 fully saturated rings. The molecule has 0 amide bonds. The Hall–Kier alpha value is -1.21. The van der Waals surface area contributed by atoms with Gasteiger partial charge in [0, 0.05) is 17.7 Å². The van der Waals surface area contributed by atoms with Gasteiger partial charge in [0.05, 0.1) is 9.40 Å². The molecule has 7 heteroatoms. The van der Waals surface area contributed by atoms with Crippen LogP contribution in [0.1, 0.15) is 19.8 Å². The van der Waals surface area contributed by atoms with Crippen molar-refractivity contribution in [2.45, 2.75) is 25.3 Å². The van der Waals surface area contributed by atoms with E-state index in [2.05, 4.69) is 26.6 Å². The predicted octanol–water partition coefficient (Wildman–Crippen LogP) is 3.05. The van der Waals surface area contributed by atoms with Crippen LogP contribution in [-0.4, -0.2) is 23.6 Å². The number of nitro groups is 1. The van der Waals surface area contributed by atoms with Gasteiger partial charge in [0.1, 0.15) is 11.5 Å². The zero-order valence-corrected chi connectivity index (χ0v) is 12.1. The Morgan fingerprint density at radius 1 is 1.47 bits per heavy atom. The van der Waals surface area contributed by atoms with Crippen molar-refractivity contribution < 1.29 is 9.31 Å². The number of anilines is 1. The molecule has 2 N–H and O–H groups in total. The second-order valence-electron chi connectivity index (χ2n) is 4.98. The minimum absolute atomic E-state index is 0.0974. The van der Waals surface area contributed by atoms with Gasteiger partial charge in [-0.05, 0) is 48.8 Å². The molecule has 1 heterocycles. The number of piperidine rings is 1. The molecule has 1 saturated heterocycles. The molecule has 0 saturated carbocycles. The highest BCUT2D eigenvalue weighted by Crippen LogP contribution is 2.34. The SMILES string of the molecule is CC1(Nc2cc(F)c(Br)cc2[N+](=O)[O-])CCNCC1. The van der Waals surface area contributed by atoms with Crippen LogP contribution >= 0.6 is 15.9 Å². The van der Waals surface area contributed by atoms with Crippen molar-refractivity contribution in [1.82, 2.24) is 5.32 Å². The van der Waals surface area contributed by atoms with Gasteiger partial charge in [0.2, 0.25) is 0 Å². The van der Waals surface area contributed by atoms with Crippen LogP contribution in [0, 0.1) is 15.9 Å². The third-order valence-electron chi connectivity index (χ3n) is 3.38. The van der Waals surface area contributed by atoms with Crippen LogP contribution in [-0.2, 0) is 0 Å². The van der Waals surface area contributed by atoms with Crippen molar-refractivity contribution in [3.8, 4) is 0 Å². The average molecular weight is 332 g/mol. The van der Waals surface area contributed by atoms with Crippen molar-refractivity contribution in [1.29, 1.82) is 0 Å². The van der Waals surface area contributed by atoms with Crippen molar-refractivity contribution in [2.24, 2.45) is 0 Å². The van der Waals surface area contributed by atoms with Crippen LogP contribution in [0.2, 0.25) is 0 Å². The van der Waals surface area contributed by atoms with Crippen molar-refractivity contribution in [3.05, 3.63) is 32.5 Å². The topological polar surface area (TPSA) is 67.2 Å². The molecule has 0 radical (unpaired) electrons. The number of benzene rings is 1. The second-order valence-corrected chi connectivity index (χ2v) is 5.83. The van der Waals surface area contributed by atoms with E-state index in [1.807, 2.05) is 6.92 Å². The second kappa shape index (κ2) is 5.42. The summed E-state index contributed by atoms with van der Waals surface area (Å²) in [4.78, 5) is 10.5. The Morgan fingerprint density at radius 2 is 2.11 bits per heavy atom. The largest absolute Gasteiger partial charge is 0.374 e. The first-order chi connectivity index (χ1) is 8.91. The number of nitro benzene ring substituents is 1. The van der Waals surface area contributed by atoms with E-state index in [4.69, 9.17) is 0 Å². The summed E-state index contributed by atoms with van der Waals surface area (Å²) in [6.07, 6.45) is 1.67. The fraction of sp³-hybridized carbons (Fsp3) is 0.500. The normalized spacial score (nSPS) is 18.1. The summed E-state index contributed by atoms with van der Waals surface area (Å²) in [5.41, 5.74) is -0.140. The van der Waals surface area contributed by atoms with Crippen LogP contribution in [0.15, 0.2) is 16.6 Å². The lowest BCUT2D eigenvalue weighted by Crippen LogP contribution is -2.45. The minimum Gasteiger partial charge on any atom is -0.374 e. The van der Waals surface area contributed by atoms with Crippen LogP contribution in [0.4, 0.5) is 15.8 Å². The number of hydrogen-bond donors (Lipinski definition) is 2. The quantitative estimate of drug-likeness (QED) is 0.659. The van der Waals surface area contributed by atoms with Crippen LogP contribution in [0.3, 0.4) is 0 Å². The molecule has 1 aromatic carbocycles. The van der Waals surface area contributed by atoms with Crippen LogP contribution in [0.25, 0.3) is 0 Å². The molecule has 0 aromatic heterocycles. The zero-order valence-electron chi connectivity index (χ0n) is 10.5. The first kappa shape index (κ1) is 14.2. The van der Waals surface area contributed by atoms with Gasteiger partial charge in [-0.25, -0.2) is 4.39 Å². The van der Waals surface area contributed by atoms with E-state index in [0.717, 1.165) is 25.9 Å². The Kier molecular flexibility index (Phi) is 4.05. The van der Waals surface area contributed by atoms with E-state index >= 15 is 0 Å². The molecule has 19 heavy (non-hydrogen) atoms. The summed E-state index contributed by atoms with van der Waals surface area (Å²) >= 11 is 2.97. The molecule has 0 spiro atoms. The third-order valence-corrected chi connectivity index (χ3v) is 3.99. The summed E-state index contributed by atoms with van der Waals surface area (Å²) < 4.78 is 13.7. The van der Waals surface area contributed by atoms with Gasteiger partial charge in [-0.1, -0.05) is 0 Å². The van der Waals surface area contributed by atoms with Crippen molar-refractivity contribution in [2.75, 3.05) is 18.4 Å². The standard InChI is InChI=1S/C12H15BrFN3O2/c1-12(2-4-15-5-3-12)16-10-7-9(14)8(13)6-11(10)17(18)19/h6-7,15-16H,2-5H2,1H3. The average Bonchev–Trinajstić information content (AvgIpc) is 2.33. The van der Waals surface area contributed by atoms with Gasteiger partial charge in [-0.2, -0.15) is 0 Å². The molecule has 5 nitrogen and oxygen atoms in total. The van der Waals surface area contributed by atoms with Crippen LogP contribution in [0.5, 0.6) is 0 Å². The number of hydrogen-bond acceptors (Lipinski definition) is 4. The highest BCUT2D eigenvalue weighted by atomic mass is 79.9. The molecule has 1 aromatic rings. The molecular formula is C12H15BrFN3O2. The van der Waals surface area contributed by atoms with E-state index in [-0.39, 0.29) is 21.4 Å². The van der Waals surface area contributed by atoms with E-state index in [0.29, 0.717) is 0 Å². The van der Waals surface area contributed by atoms with Gasteiger partial charge in [-0.3, -0.25) is 10.1 Å². The Bertz CT molecular complexity index is 504. The fourth-order valence-corrected chi connectivity index (χ4v) is 2.55. The molecule has 1 aliphatic rings. The molecule has 2 rings (SSSR count). The third kappa shape index (κ3) is 3.22. The molecular weight excluding hydrogens is 317 g/mol. The maximum absolute atomic E-state index is 13.6. The Balaban J connectivity index is 2.33. The monoisotopic (exact) mass is 331 g/mol. The van der Waals surface area contributed by atoms with Gasteiger partial charge in [0.25, 0.3) is 5.69 Å². The van der Waals surface area contributed by atoms with E-state index in [9.17, 15) is 14.5 Å². The zero-order chi connectivity index (χ0) is 14.0. The maximum Gasteiger partial charge on any atom is 0.293 e. The Labute approximate surface area is 118 Å². The summed E-state index contributed by atoms with van der Waals surface area (Å²) in [7, 11) is 0. The molecule has 1 aliphatic heterocycles. The highest BCUT2D eigenvalue weighted by molar-refractivity contribution is 9.10. The highest BCUT2D eigenvalue weighted by Gasteiger charge is 2.29. The van der Waals surface area contributed by atoms with E-state index in [1.54, 1.807) is 0 Å². The number of halogens is 2. The molecule has 0 bridgehead atoms. The summed E-state index contributed by atoms with van der Waals surface area (Å²) in [6, 6.07) is 2.37. The molecule has 0 aliphatic carbocycles. The number of nitrogens with zero attached hydrogens (tertiary/aromatic N) is 1. The van der Waals surface area contributed by atoms with Gasteiger partial charge in [-0.15, -0.1) is 0 Å². The maximum atomic E-state index is 13.6. The van der Waals surface area contributed by atoms with Gasteiger partial charge >= 0.3 is 0 Å². The first-order valence-electron chi connectivity index (χ1n) is 6.04. The summed E-state index contributed by atoms with van der Waals surface area (Å²) in [5.74, 6) is -0.509. The Morgan fingerprint density at radius 3 is 2.68 bits per heavy atom. The number of rotatable bonds is 3. The lowest BCUT2D eigenvalue weighted by atomic mass is 9.90. The smallest absolute Gasteiger partial charge is 0.293 e. The summed E-state index contributed by atoms with van der Waals surface area (Å²) in [5, 5.41) is 17.4. The minimum atomic E-state index is -0.509. The van der Waals surface area contributed by atoms with E-state index < -0.39 is 10.7 Å². The predicted molar refractivity (Wildman–Crippen MR) is 74.9 cm³/mol. The molecule has 104 valence electrons. The lowest BCUT2D eigenvalue weighted by Gasteiger charge is -2.35. The van der Waals surface area contributed by atoms with Gasteiger partial charge in [0.15, 0.2) is 0 Å². The summed E-state index contributed by atoms with van der Waals surface area (Å²) in [6.45, 7) is 3.68. The van der Waals surface area contributed by atoms with Crippen molar-refractivity contribution in [3.63, 3.8) is 0 Å². The van der Waals surface area contributed by atoms with Crippen molar-refractivity contribution >= 4 is 27.3 Å². The van der Waals surface area contributed by atoms with E-state index in [1.165, 1.54) is 12.1 Å². The fourth-order valence-electron chi connectivity index (χ4n) is 2.22.